The first-order valence-corrected chi connectivity index (χ1v) is 6.04. The molecule has 1 aromatic heterocycles. The summed E-state index contributed by atoms with van der Waals surface area (Å²) in [7, 11) is 0. The molecule has 0 N–H and O–H groups in total. The van der Waals surface area contributed by atoms with Crippen LogP contribution in [-0.4, -0.2) is 14.8 Å². The van der Waals surface area contributed by atoms with Gasteiger partial charge < -0.3 is 0 Å². The molecule has 3 nitrogen and oxygen atoms in total. The third-order valence-corrected chi connectivity index (χ3v) is 3.07. The van der Waals surface area contributed by atoms with Crippen molar-refractivity contribution in [3.63, 3.8) is 0 Å². The normalized spacial score (nSPS) is 10.6. The van der Waals surface area contributed by atoms with Crippen LogP contribution in [0.15, 0.2) is 54.9 Å². The minimum Gasteiger partial charge on any atom is -0.282 e. The van der Waals surface area contributed by atoms with Crippen LogP contribution in [0.25, 0.3) is 17.1 Å². The van der Waals surface area contributed by atoms with Crippen LogP contribution < -0.4 is 0 Å². The van der Waals surface area contributed by atoms with Gasteiger partial charge in [0, 0.05) is 11.3 Å². The Labute approximate surface area is 114 Å². The van der Waals surface area contributed by atoms with Crippen molar-refractivity contribution >= 4 is 11.6 Å². The van der Waals surface area contributed by atoms with E-state index < -0.39 is 0 Å². The van der Waals surface area contributed by atoms with Crippen LogP contribution in [0.1, 0.15) is 0 Å². The van der Waals surface area contributed by atoms with Gasteiger partial charge >= 0.3 is 0 Å². The summed E-state index contributed by atoms with van der Waals surface area (Å²) in [6.45, 7) is 0. The average Bonchev–Trinajstić information content (AvgIpc) is 2.89. The lowest BCUT2D eigenvalue weighted by Crippen LogP contribution is -1.96. The predicted molar refractivity (Wildman–Crippen MR) is 71.8 cm³/mol. The molecule has 94 valence electrons. The van der Waals surface area contributed by atoms with E-state index in [1.54, 1.807) is 17.0 Å². The highest BCUT2D eigenvalue weighted by Gasteiger charge is 2.12. The van der Waals surface area contributed by atoms with Gasteiger partial charge in [0.15, 0.2) is 5.82 Å². The molecular weight excluding hydrogens is 265 g/mol. The van der Waals surface area contributed by atoms with Gasteiger partial charge in [0.1, 0.15) is 12.1 Å². The standard InChI is InChI=1S/C14H9ClFN3/c15-13-8-10(16)6-7-12(13)14-18-17-9-19(14)11-4-2-1-3-5-11/h1-9H. The molecule has 5 heteroatoms. The summed E-state index contributed by atoms with van der Waals surface area (Å²) in [6.07, 6.45) is 1.60. The number of aromatic nitrogens is 3. The lowest BCUT2D eigenvalue weighted by molar-refractivity contribution is 0.628. The number of hydrogen-bond acceptors (Lipinski definition) is 2. The van der Waals surface area contributed by atoms with Crippen LogP contribution in [0, 0.1) is 5.82 Å². The molecule has 3 rings (SSSR count). The second kappa shape index (κ2) is 4.82. The van der Waals surface area contributed by atoms with Crippen molar-refractivity contribution in [1.29, 1.82) is 0 Å². The lowest BCUT2D eigenvalue weighted by Gasteiger charge is -2.07. The van der Waals surface area contributed by atoms with E-state index in [9.17, 15) is 4.39 Å². The molecule has 0 atom stereocenters. The molecule has 0 amide bonds. The Balaban J connectivity index is 2.15. The summed E-state index contributed by atoms with van der Waals surface area (Å²) in [6, 6.07) is 13.9. The largest absolute Gasteiger partial charge is 0.282 e. The topological polar surface area (TPSA) is 30.7 Å². The fourth-order valence-corrected chi connectivity index (χ4v) is 2.12. The van der Waals surface area contributed by atoms with Gasteiger partial charge in [0.25, 0.3) is 0 Å². The molecule has 19 heavy (non-hydrogen) atoms. The van der Waals surface area contributed by atoms with Gasteiger partial charge in [-0.1, -0.05) is 29.8 Å². The molecule has 0 spiro atoms. The summed E-state index contributed by atoms with van der Waals surface area (Å²) in [5.74, 6) is 0.204. The van der Waals surface area contributed by atoms with E-state index in [1.807, 2.05) is 30.3 Å². The monoisotopic (exact) mass is 273 g/mol. The van der Waals surface area contributed by atoms with Crippen LogP contribution in [0.2, 0.25) is 5.02 Å². The molecule has 0 fully saturated rings. The Bertz CT molecular complexity index is 710. The van der Waals surface area contributed by atoms with Crippen LogP contribution in [0.4, 0.5) is 4.39 Å². The van der Waals surface area contributed by atoms with E-state index in [0.29, 0.717) is 16.4 Å². The highest BCUT2D eigenvalue weighted by Crippen LogP contribution is 2.28. The third-order valence-electron chi connectivity index (χ3n) is 2.75. The summed E-state index contributed by atoms with van der Waals surface area (Å²) >= 11 is 6.06. The van der Waals surface area contributed by atoms with Gasteiger partial charge in [-0.3, -0.25) is 4.57 Å². The van der Waals surface area contributed by atoms with E-state index in [2.05, 4.69) is 10.2 Å². The van der Waals surface area contributed by atoms with E-state index in [0.717, 1.165) is 5.69 Å². The highest BCUT2D eigenvalue weighted by atomic mass is 35.5. The summed E-state index contributed by atoms with van der Waals surface area (Å²) in [4.78, 5) is 0. The first-order valence-electron chi connectivity index (χ1n) is 5.66. The summed E-state index contributed by atoms with van der Waals surface area (Å²) < 4.78 is 14.9. The fraction of sp³-hybridized carbons (Fsp3) is 0. The minimum absolute atomic E-state index is 0.310. The van der Waals surface area contributed by atoms with Gasteiger partial charge in [-0.05, 0) is 30.3 Å². The van der Waals surface area contributed by atoms with Gasteiger partial charge in [0.2, 0.25) is 0 Å². The molecular formula is C14H9ClFN3. The van der Waals surface area contributed by atoms with Crippen LogP contribution in [-0.2, 0) is 0 Å². The number of nitrogens with zero attached hydrogens (tertiary/aromatic N) is 3. The first kappa shape index (κ1) is 11.9. The minimum atomic E-state index is -0.375. The van der Waals surface area contributed by atoms with Crippen LogP contribution >= 0.6 is 11.6 Å². The third kappa shape index (κ3) is 2.22. The number of benzene rings is 2. The number of rotatable bonds is 2. The molecule has 0 aliphatic rings. The maximum absolute atomic E-state index is 13.1. The zero-order valence-corrected chi connectivity index (χ0v) is 10.5. The van der Waals surface area contributed by atoms with E-state index in [4.69, 9.17) is 11.6 Å². The Morgan fingerprint density at radius 1 is 1.05 bits per heavy atom. The highest BCUT2D eigenvalue weighted by molar-refractivity contribution is 6.33. The van der Waals surface area contributed by atoms with E-state index >= 15 is 0 Å². The SMILES string of the molecule is Fc1ccc(-c2nncn2-c2ccccc2)c(Cl)c1. The number of halogens is 2. The summed E-state index contributed by atoms with van der Waals surface area (Å²) in [5.41, 5.74) is 1.56. The zero-order chi connectivity index (χ0) is 13.2. The predicted octanol–water partition coefficient (Wildman–Crippen LogP) is 3.73. The molecule has 0 aliphatic carbocycles. The molecule has 0 aliphatic heterocycles. The van der Waals surface area contributed by atoms with Crippen molar-refractivity contribution < 1.29 is 4.39 Å². The molecule has 0 unspecified atom stereocenters. The maximum Gasteiger partial charge on any atom is 0.169 e. The van der Waals surface area contributed by atoms with Crippen molar-refractivity contribution in [2.24, 2.45) is 0 Å². The molecule has 0 bridgehead atoms. The Hall–Kier alpha value is -2.20. The lowest BCUT2D eigenvalue weighted by atomic mass is 10.2. The second-order valence-corrected chi connectivity index (χ2v) is 4.39. The van der Waals surface area contributed by atoms with Crippen molar-refractivity contribution in [3.05, 3.63) is 65.7 Å². The fourth-order valence-electron chi connectivity index (χ4n) is 1.87. The zero-order valence-electron chi connectivity index (χ0n) is 9.79. The van der Waals surface area contributed by atoms with Crippen molar-refractivity contribution in [2.45, 2.75) is 0 Å². The quantitative estimate of drug-likeness (QED) is 0.712. The van der Waals surface area contributed by atoms with Crippen molar-refractivity contribution in [2.75, 3.05) is 0 Å². The van der Waals surface area contributed by atoms with E-state index in [1.165, 1.54) is 12.1 Å². The molecule has 3 aromatic rings. The average molecular weight is 274 g/mol. The van der Waals surface area contributed by atoms with Gasteiger partial charge in [0.05, 0.1) is 5.02 Å². The molecule has 1 heterocycles. The Kier molecular flexibility index (Phi) is 3.01. The second-order valence-electron chi connectivity index (χ2n) is 3.98. The summed E-state index contributed by atoms with van der Waals surface area (Å²) in [5, 5.41) is 8.27. The maximum atomic E-state index is 13.1. The van der Waals surface area contributed by atoms with Crippen molar-refractivity contribution in [1.82, 2.24) is 14.8 Å². The van der Waals surface area contributed by atoms with E-state index in [-0.39, 0.29) is 5.82 Å². The molecule has 0 radical (unpaired) electrons. The van der Waals surface area contributed by atoms with Crippen LogP contribution in [0.3, 0.4) is 0 Å². The van der Waals surface area contributed by atoms with Gasteiger partial charge in [-0.25, -0.2) is 4.39 Å². The smallest absolute Gasteiger partial charge is 0.169 e. The Morgan fingerprint density at radius 3 is 2.58 bits per heavy atom. The van der Waals surface area contributed by atoms with Crippen LogP contribution in [0.5, 0.6) is 0 Å². The first-order chi connectivity index (χ1) is 9.25. The Morgan fingerprint density at radius 2 is 1.84 bits per heavy atom. The van der Waals surface area contributed by atoms with Crippen molar-refractivity contribution in [3.8, 4) is 17.1 Å². The molecule has 2 aromatic carbocycles. The van der Waals surface area contributed by atoms with Gasteiger partial charge in [-0.15, -0.1) is 10.2 Å². The van der Waals surface area contributed by atoms with Gasteiger partial charge in [-0.2, -0.15) is 0 Å². The molecule has 0 saturated heterocycles. The number of para-hydroxylation sites is 1. The molecule has 0 saturated carbocycles. The number of hydrogen-bond donors (Lipinski definition) is 0.